The van der Waals surface area contributed by atoms with Gasteiger partial charge in [0.1, 0.15) is 11.9 Å². The smallest absolute Gasteiger partial charge is 0.320 e. The van der Waals surface area contributed by atoms with E-state index in [2.05, 4.69) is 5.32 Å². The van der Waals surface area contributed by atoms with E-state index in [9.17, 15) is 23.9 Å². The molecule has 5 nitrogen and oxygen atoms in total. The minimum absolute atomic E-state index is 0.120. The zero-order chi connectivity index (χ0) is 21.4. The second-order valence-corrected chi connectivity index (χ2v) is 8.00. The summed E-state index contributed by atoms with van der Waals surface area (Å²) in [5, 5.41) is 12.0. The second-order valence-electron chi connectivity index (χ2n) is 6.81. The molecule has 7 heteroatoms. The third kappa shape index (κ3) is 7.11. The van der Waals surface area contributed by atoms with Gasteiger partial charge in [-0.05, 0) is 36.6 Å². The summed E-state index contributed by atoms with van der Waals surface area (Å²) in [6, 6.07) is 13.1. The first kappa shape index (κ1) is 22.8. The van der Waals surface area contributed by atoms with E-state index in [1.54, 1.807) is 36.4 Å². The lowest BCUT2D eigenvalue weighted by Gasteiger charge is -2.25. The number of hydrogen-bond donors (Lipinski definition) is 2. The molecule has 2 rings (SSSR count). The van der Waals surface area contributed by atoms with Gasteiger partial charge in [-0.1, -0.05) is 54.2 Å². The third-order valence-electron chi connectivity index (χ3n) is 4.47. The molecule has 0 aliphatic heterocycles. The fourth-order valence-corrected chi connectivity index (χ4v) is 3.67. The van der Waals surface area contributed by atoms with Crippen LogP contribution in [-0.2, 0) is 20.8 Å². The Morgan fingerprint density at radius 2 is 1.79 bits per heavy atom. The molecular weight excluding hydrogens is 393 g/mol. The lowest BCUT2D eigenvalue weighted by molar-refractivity contribution is -0.139. The van der Waals surface area contributed by atoms with Crippen molar-refractivity contribution in [3.8, 4) is 0 Å². The number of aliphatic carboxylic acids is 1. The van der Waals surface area contributed by atoms with Crippen LogP contribution < -0.4 is 5.32 Å². The minimum Gasteiger partial charge on any atom is -0.480 e. The number of rotatable bonds is 10. The van der Waals surface area contributed by atoms with Crippen molar-refractivity contribution in [1.29, 1.82) is 0 Å². The maximum absolute atomic E-state index is 13.6. The molecule has 0 saturated heterocycles. The zero-order valence-electron chi connectivity index (χ0n) is 16.3. The number of benzene rings is 2. The molecule has 3 atom stereocenters. The van der Waals surface area contributed by atoms with Crippen LogP contribution in [0.5, 0.6) is 0 Å². The lowest BCUT2D eigenvalue weighted by atomic mass is 9.89. The van der Waals surface area contributed by atoms with Crippen molar-refractivity contribution in [3.05, 3.63) is 71.5 Å². The summed E-state index contributed by atoms with van der Waals surface area (Å²) < 4.78 is 13.6. The molecule has 0 fully saturated rings. The predicted octanol–water partition coefficient (Wildman–Crippen LogP) is 3.64. The molecule has 2 aromatic rings. The van der Waals surface area contributed by atoms with Crippen LogP contribution in [0.2, 0.25) is 0 Å². The molecule has 2 N–H and O–H groups in total. The van der Waals surface area contributed by atoms with Crippen molar-refractivity contribution in [2.75, 3.05) is 5.75 Å². The molecule has 0 amide bonds. The fourth-order valence-electron chi connectivity index (χ4n) is 2.95. The standard InChI is InChI=1S/C22H24FNO4S/c1-14(22(27)28)24-20(17-8-4-3-5-9-17)21(26)18(13-29-15(2)25)11-16-7-6-10-19(23)12-16/h3-10,12,14,18,20,24H,11,13H2,1-2H3,(H,27,28)/t14?,18-,20?/m1/s1. The highest BCUT2D eigenvalue weighted by atomic mass is 32.2. The maximum atomic E-state index is 13.6. The van der Waals surface area contributed by atoms with Gasteiger partial charge in [0.25, 0.3) is 0 Å². The molecule has 2 unspecified atom stereocenters. The first-order valence-corrected chi connectivity index (χ1v) is 10.2. The monoisotopic (exact) mass is 417 g/mol. The van der Waals surface area contributed by atoms with E-state index in [1.807, 2.05) is 6.07 Å². The van der Waals surface area contributed by atoms with Crippen molar-refractivity contribution in [1.82, 2.24) is 5.32 Å². The Hall–Kier alpha value is -2.51. The topological polar surface area (TPSA) is 83.5 Å². The van der Waals surface area contributed by atoms with E-state index in [1.165, 1.54) is 26.0 Å². The van der Waals surface area contributed by atoms with Crippen LogP contribution in [0.3, 0.4) is 0 Å². The van der Waals surface area contributed by atoms with Gasteiger partial charge < -0.3 is 5.11 Å². The van der Waals surface area contributed by atoms with Crippen LogP contribution in [0.15, 0.2) is 54.6 Å². The summed E-state index contributed by atoms with van der Waals surface area (Å²) in [6.45, 7) is 2.89. The van der Waals surface area contributed by atoms with Gasteiger partial charge in [0, 0.05) is 18.6 Å². The second kappa shape index (κ2) is 10.9. The number of carbonyl (C=O) groups is 3. The molecule has 0 radical (unpaired) electrons. The SMILES string of the molecule is CC(=O)SC[C@@H](Cc1cccc(F)c1)C(=O)C(NC(C)C(=O)O)c1ccccc1. The molecule has 29 heavy (non-hydrogen) atoms. The largest absolute Gasteiger partial charge is 0.480 e. The third-order valence-corrected chi connectivity index (χ3v) is 5.44. The number of Topliss-reactive ketones (excluding diaryl/α,β-unsaturated/α-hetero) is 1. The van der Waals surface area contributed by atoms with Gasteiger partial charge in [-0.2, -0.15) is 0 Å². The normalized spacial score (nSPS) is 14.0. The summed E-state index contributed by atoms with van der Waals surface area (Å²) in [5.41, 5.74) is 1.29. The Bertz CT molecular complexity index is 859. The van der Waals surface area contributed by atoms with E-state index in [4.69, 9.17) is 0 Å². The average molecular weight is 418 g/mol. The summed E-state index contributed by atoms with van der Waals surface area (Å²) in [6.07, 6.45) is 0.253. The molecule has 0 heterocycles. The Labute approximate surface area is 173 Å². The highest BCUT2D eigenvalue weighted by molar-refractivity contribution is 8.13. The molecule has 154 valence electrons. The van der Waals surface area contributed by atoms with Crippen LogP contribution in [0, 0.1) is 11.7 Å². The van der Waals surface area contributed by atoms with Gasteiger partial charge >= 0.3 is 5.97 Å². The Morgan fingerprint density at radius 1 is 1.10 bits per heavy atom. The Kier molecular flexibility index (Phi) is 8.54. The molecule has 0 saturated carbocycles. The quantitative estimate of drug-likeness (QED) is 0.614. The highest BCUT2D eigenvalue weighted by Gasteiger charge is 2.31. The van der Waals surface area contributed by atoms with Crippen LogP contribution >= 0.6 is 11.8 Å². The maximum Gasteiger partial charge on any atom is 0.320 e. The molecule has 0 aliphatic carbocycles. The average Bonchev–Trinajstić information content (AvgIpc) is 2.69. The number of carboxylic acid groups (broad SMARTS) is 1. The van der Waals surface area contributed by atoms with Gasteiger partial charge in [0.15, 0.2) is 10.9 Å². The van der Waals surface area contributed by atoms with Gasteiger partial charge in [0.05, 0.1) is 6.04 Å². The van der Waals surface area contributed by atoms with Crippen LogP contribution in [0.4, 0.5) is 4.39 Å². The van der Waals surface area contributed by atoms with Crippen molar-refractivity contribution >= 4 is 28.6 Å². The minimum atomic E-state index is -1.07. The van der Waals surface area contributed by atoms with Gasteiger partial charge in [-0.15, -0.1) is 0 Å². The number of carboxylic acids is 1. The molecule has 2 aromatic carbocycles. The van der Waals surface area contributed by atoms with Gasteiger partial charge in [0.2, 0.25) is 0 Å². The predicted molar refractivity (Wildman–Crippen MR) is 111 cm³/mol. The highest BCUT2D eigenvalue weighted by Crippen LogP contribution is 2.25. The van der Waals surface area contributed by atoms with Crippen molar-refractivity contribution < 1.29 is 23.9 Å². The van der Waals surface area contributed by atoms with Gasteiger partial charge in [-0.25, -0.2) is 4.39 Å². The lowest BCUT2D eigenvalue weighted by Crippen LogP contribution is -2.42. The molecular formula is C22H24FNO4S. The van der Waals surface area contributed by atoms with Gasteiger partial charge in [-0.3, -0.25) is 19.7 Å². The van der Waals surface area contributed by atoms with E-state index < -0.39 is 29.8 Å². The number of hydrogen-bond acceptors (Lipinski definition) is 5. The molecule has 0 bridgehead atoms. The van der Waals surface area contributed by atoms with Crippen LogP contribution in [0.1, 0.15) is 31.0 Å². The van der Waals surface area contributed by atoms with Crippen LogP contribution in [0.25, 0.3) is 0 Å². The van der Waals surface area contributed by atoms with Crippen molar-refractivity contribution in [2.24, 2.45) is 5.92 Å². The van der Waals surface area contributed by atoms with E-state index in [0.717, 1.165) is 11.8 Å². The number of carbonyl (C=O) groups excluding carboxylic acids is 2. The first-order chi connectivity index (χ1) is 13.8. The van der Waals surface area contributed by atoms with E-state index in [0.29, 0.717) is 11.1 Å². The Morgan fingerprint density at radius 3 is 2.38 bits per heavy atom. The molecule has 0 spiro atoms. The summed E-state index contributed by atoms with van der Waals surface area (Å²) >= 11 is 1.03. The first-order valence-electron chi connectivity index (χ1n) is 9.23. The zero-order valence-corrected chi connectivity index (χ0v) is 17.1. The number of nitrogens with one attached hydrogen (secondary N) is 1. The van der Waals surface area contributed by atoms with Crippen molar-refractivity contribution in [3.63, 3.8) is 0 Å². The number of thioether (sulfide) groups is 1. The number of ketones is 1. The van der Waals surface area contributed by atoms with E-state index in [-0.39, 0.29) is 23.1 Å². The molecule has 0 aromatic heterocycles. The van der Waals surface area contributed by atoms with E-state index >= 15 is 0 Å². The summed E-state index contributed by atoms with van der Waals surface area (Å²) in [7, 11) is 0. The summed E-state index contributed by atoms with van der Waals surface area (Å²) in [4.78, 5) is 36.3. The number of halogens is 1. The molecule has 0 aliphatic rings. The Balaban J connectivity index is 2.33. The van der Waals surface area contributed by atoms with Crippen molar-refractivity contribution in [2.45, 2.75) is 32.4 Å². The fraction of sp³-hybridized carbons (Fsp3) is 0.318. The summed E-state index contributed by atoms with van der Waals surface area (Å²) in [5.74, 6) is -2.06. The van der Waals surface area contributed by atoms with Crippen LogP contribution in [-0.4, -0.2) is 33.8 Å².